The Balaban J connectivity index is 1.98. The number of hydrogen-bond acceptors (Lipinski definition) is 2. The van der Waals surface area contributed by atoms with E-state index < -0.39 is 0 Å². The minimum atomic E-state index is 0.680. The van der Waals surface area contributed by atoms with E-state index in [1.807, 2.05) is 89.5 Å². The van der Waals surface area contributed by atoms with Crippen LogP contribution in [0.15, 0.2) is 84.9 Å². The molecule has 0 atom stereocenters. The summed E-state index contributed by atoms with van der Waals surface area (Å²) in [5.41, 5.74) is 2.95. The van der Waals surface area contributed by atoms with Crippen LogP contribution in [-0.4, -0.2) is 14.8 Å². The van der Waals surface area contributed by atoms with Crippen LogP contribution in [0.25, 0.3) is 28.5 Å². The average molecular weight is 332 g/mol. The number of rotatable bonds is 3. The second kappa shape index (κ2) is 6.30. The summed E-state index contributed by atoms with van der Waals surface area (Å²) >= 11 is 6.20. The fraction of sp³-hybridized carbons (Fsp3) is 0. The van der Waals surface area contributed by atoms with Gasteiger partial charge >= 0.3 is 0 Å². The first-order valence-corrected chi connectivity index (χ1v) is 8.03. The van der Waals surface area contributed by atoms with Crippen LogP contribution in [0, 0.1) is 0 Å². The molecule has 4 rings (SSSR count). The van der Waals surface area contributed by atoms with Crippen molar-refractivity contribution in [3.8, 4) is 28.5 Å². The van der Waals surface area contributed by atoms with E-state index in [0.717, 1.165) is 28.5 Å². The average Bonchev–Trinajstić information content (AvgIpc) is 3.08. The highest BCUT2D eigenvalue weighted by molar-refractivity contribution is 6.30. The zero-order chi connectivity index (χ0) is 16.4. The van der Waals surface area contributed by atoms with Crippen LogP contribution >= 0.6 is 11.6 Å². The summed E-state index contributed by atoms with van der Waals surface area (Å²) in [6.45, 7) is 0. The molecule has 4 aromatic rings. The van der Waals surface area contributed by atoms with Gasteiger partial charge in [-0.3, -0.25) is 4.57 Å². The van der Waals surface area contributed by atoms with Gasteiger partial charge in [0.25, 0.3) is 0 Å². The summed E-state index contributed by atoms with van der Waals surface area (Å²) < 4.78 is 2.04. The Morgan fingerprint density at radius 1 is 0.625 bits per heavy atom. The van der Waals surface area contributed by atoms with Crippen molar-refractivity contribution in [2.24, 2.45) is 0 Å². The maximum atomic E-state index is 6.20. The molecule has 3 nitrogen and oxygen atoms in total. The molecule has 0 unspecified atom stereocenters. The first kappa shape index (κ1) is 14.7. The Bertz CT molecular complexity index is 906. The first-order valence-electron chi connectivity index (χ1n) is 7.65. The van der Waals surface area contributed by atoms with Crippen LogP contribution in [0.3, 0.4) is 0 Å². The van der Waals surface area contributed by atoms with E-state index in [0.29, 0.717) is 5.02 Å². The fourth-order valence-corrected chi connectivity index (χ4v) is 2.88. The minimum absolute atomic E-state index is 0.680. The van der Waals surface area contributed by atoms with Crippen LogP contribution in [-0.2, 0) is 0 Å². The summed E-state index contributed by atoms with van der Waals surface area (Å²) in [6.07, 6.45) is 0. The zero-order valence-electron chi connectivity index (χ0n) is 12.8. The summed E-state index contributed by atoms with van der Waals surface area (Å²) in [6, 6.07) is 27.8. The lowest BCUT2D eigenvalue weighted by atomic mass is 10.1. The van der Waals surface area contributed by atoms with Gasteiger partial charge in [-0.25, -0.2) is 0 Å². The number of halogens is 1. The molecule has 0 N–H and O–H groups in total. The molecular formula is C20H14ClN3. The van der Waals surface area contributed by atoms with Gasteiger partial charge in [0.2, 0.25) is 0 Å². The van der Waals surface area contributed by atoms with Crippen molar-refractivity contribution < 1.29 is 0 Å². The van der Waals surface area contributed by atoms with Gasteiger partial charge in [0.1, 0.15) is 0 Å². The predicted molar refractivity (Wildman–Crippen MR) is 97.2 cm³/mol. The highest BCUT2D eigenvalue weighted by Crippen LogP contribution is 2.29. The Hall–Kier alpha value is -2.91. The van der Waals surface area contributed by atoms with E-state index in [1.54, 1.807) is 0 Å². The lowest BCUT2D eigenvalue weighted by Gasteiger charge is -2.11. The van der Waals surface area contributed by atoms with E-state index >= 15 is 0 Å². The predicted octanol–water partition coefficient (Wildman–Crippen LogP) is 5.25. The van der Waals surface area contributed by atoms with Crippen molar-refractivity contribution in [1.82, 2.24) is 14.8 Å². The summed E-state index contributed by atoms with van der Waals surface area (Å²) in [5.74, 6) is 1.58. The van der Waals surface area contributed by atoms with Crippen LogP contribution in [0.1, 0.15) is 0 Å². The standard InChI is InChI=1S/C20H14ClN3/c21-17-12-7-13-18(14-17)24-19(15-8-3-1-4-9-15)22-23-20(24)16-10-5-2-6-11-16/h1-14H. The summed E-state index contributed by atoms with van der Waals surface area (Å²) in [7, 11) is 0. The van der Waals surface area contributed by atoms with Crippen molar-refractivity contribution >= 4 is 11.6 Å². The molecule has 0 spiro atoms. The zero-order valence-corrected chi connectivity index (χ0v) is 13.6. The van der Waals surface area contributed by atoms with Gasteiger partial charge in [-0.1, -0.05) is 78.3 Å². The molecule has 0 aliphatic heterocycles. The molecule has 0 amide bonds. The SMILES string of the molecule is Clc1cccc(-n2c(-c3ccccc3)nnc2-c2ccccc2)c1. The maximum Gasteiger partial charge on any atom is 0.168 e. The van der Waals surface area contributed by atoms with Gasteiger partial charge in [-0.05, 0) is 18.2 Å². The molecule has 1 heterocycles. The fourth-order valence-electron chi connectivity index (χ4n) is 2.69. The van der Waals surface area contributed by atoms with Crippen molar-refractivity contribution in [2.45, 2.75) is 0 Å². The molecule has 116 valence electrons. The molecule has 3 aromatic carbocycles. The third-order valence-electron chi connectivity index (χ3n) is 3.79. The number of nitrogens with zero attached hydrogens (tertiary/aromatic N) is 3. The molecule has 1 aromatic heterocycles. The normalized spacial score (nSPS) is 10.7. The van der Waals surface area contributed by atoms with Crippen molar-refractivity contribution in [1.29, 1.82) is 0 Å². The molecule has 0 fully saturated rings. The third-order valence-corrected chi connectivity index (χ3v) is 4.03. The molecule has 0 bridgehead atoms. The highest BCUT2D eigenvalue weighted by atomic mass is 35.5. The maximum absolute atomic E-state index is 6.20. The van der Waals surface area contributed by atoms with Crippen molar-refractivity contribution in [3.63, 3.8) is 0 Å². The minimum Gasteiger partial charge on any atom is -0.275 e. The Kier molecular flexibility index (Phi) is 3.85. The van der Waals surface area contributed by atoms with E-state index in [1.165, 1.54) is 0 Å². The topological polar surface area (TPSA) is 30.7 Å². The first-order chi connectivity index (χ1) is 11.8. The lowest BCUT2D eigenvalue weighted by Crippen LogP contribution is -2.00. The van der Waals surface area contributed by atoms with Crippen LogP contribution < -0.4 is 0 Å². The van der Waals surface area contributed by atoms with Crippen LogP contribution in [0.4, 0.5) is 0 Å². The number of benzene rings is 3. The van der Waals surface area contributed by atoms with Crippen LogP contribution in [0.2, 0.25) is 5.02 Å². The smallest absolute Gasteiger partial charge is 0.168 e. The highest BCUT2D eigenvalue weighted by Gasteiger charge is 2.16. The molecular weight excluding hydrogens is 318 g/mol. The van der Waals surface area contributed by atoms with Gasteiger partial charge in [-0.15, -0.1) is 10.2 Å². The van der Waals surface area contributed by atoms with Gasteiger partial charge in [-0.2, -0.15) is 0 Å². The van der Waals surface area contributed by atoms with Gasteiger partial charge in [0.05, 0.1) is 5.69 Å². The summed E-state index contributed by atoms with van der Waals surface area (Å²) in [4.78, 5) is 0. The van der Waals surface area contributed by atoms with E-state index in [2.05, 4.69) is 10.2 Å². The third kappa shape index (κ3) is 2.70. The summed E-state index contributed by atoms with van der Waals surface area (Å²) in [5, 5.41) is 9.56. The van der Waals surface area contributed by atoms with Crippen molar-refractivity contribution in [3.05, 3.63) is 90.0 Å². The Morgan fingerprint density at radius 3 is 1.67 bits per heavy atom. The largest absolute Gasteiger partial charge is 0.275 e. The molecule has 0 radical (unpaired) electrons. The van der Waals surface area contributed by atoms with Crippen LogP contribution in [0.5, 0.6) is 0 Å². The Morgan fingerprint density at radius 2 is 1.17 bits per heavy atom. The lowest BCUT2D eigenvalue weighted by molar-refractivity contribution is 1.07. The van der Waals surface area contributed by atoms with Gasteiger partial charge < -0.3 is 0 Å². The quantitative estimate of drug-likeness (QED) is 0.513. The molecule has 0 aliphatic carbocycles. The molecule has 4 heteroatoms. The number of hydrogen-bond donors (Lipinski definition) is 0. The van der Waals surface area contributed by atoms with Crippen molar-refractivity contribution in [2.75, 3.05) is 0 Å². The Labute approximate surface area is 145 Å². The monoisotopic (exact) mass is 331 g/mol. The van der Waals surface area contributed by atoms with E-state index in [4.69, 9.17) is 11.6 Å². The van der Waals surface area contributed by atoms with Gasteiger partial charge in [0, 0.05) is 16.1 Å². The molecule has 0 saturated carbocycles. The molecule has 0 saturated heterocycles. The van der Waals surface area contributed by atoms with E-state index in [-0.39, 0.29) is 0 Å². The molecule has 24 heavy (non-hydrogen) atoms. The second-order valence-corrected chi connectivity index (χ2v) is 5.83. The van der Waals surface area contributed by atoms with E-state index in [9.17, 15) is 0 Å². The number of aromatic nitrogens is 3. The van der Waals surface area contributed by atoms with Gasteiger partial charge in [0.15, 0.2) is 11.6 Å². The molecule has 0 aliphatic rings. The second-order valence-electron chi connectivity index (χ2n) is 5.39.